The van der Waals surface area contributed by atoms with Crippen LogP contribution >= 0.6 is 15.9 Å². The normalized spacial score (nSPS) is 9.25. The predicted molar refractivity (Wildman–Crippen MR) is 54.3 cm³/mol. The van der Waals surface area contributed by atoms with Gasteiger partial charge in [0.15, 0.2) is 0 Å². The van der Waals surface area contributed by atoms with Crippen LogP contribution in [0.5, 0.6) is 0 Å². The molecule has 0 aliphatic rings. The molecule has 64 valence electrons. The molecule has 0 aromatic carbocycles. The molecule has 0 saturated heterocycles. The van der Waals surface area contributed by atoms with Crippen molar-refractivity contribution in [3.05, 3.63) is 22.8 Å². The Kier molecular flexibility index (Phi) is 3.22. The molecule has 0 fully saturated rings. The maximum atomic E-state index is 4.06. The smallest absolute Gasteiger partial charge is 0.147 e. The minimum atomic E-state index is 0.741. The van der Waals surface area contributed by atoms with Crippen molar-refractivity contribution in [2.75, 3.05) is 5.43 Å². The van der Waals surface area contributed by atoms with Crippen molar-refractivity contribution in [2.45, 2.75) is 13.8 Å². The third-order valence-corrected chi connectivity index (χ3v) is 1.61. The van der Waals surface area contributed by atoms with E-state index < -0.39 is 0 Å². The second-order valence-electron chi connectivity index (χ2n) is 2.53. The first kappa shape index (κ1) is 9.19. The Bertz CT molecular complexity index is 292. The fourth-order valence-electron chi connectivity index (χ4n) is 0.635. The Balaban J connectivity index is 2.70. The summed E-state index contributed by atoms with van der Waals surface area (Å²) in [6, 6.07) is 3.74. The third kappa shape index (κ3) is 3.00. The van der Waals surface area contributed by atoms with E-state index in [1.807, 2.05) is 26.0 Å². The molecule has 0 bridgehead atoms. The molecule has 1 aromatic rings. The van der Waals surface area contributed by atoms with Gasteiger partial charge in [-0.3, -0.25) is 5.43 Å². The van der Waals surface area contributed by atoms with Crippen LogP contribution in [0, 0.1) is 0 Å². The Labute approximate surface area is 80.0 Å². The van der Waals surface area contributed by atoms with Gasteiger partial charge in [0.25, 0.3) is 0 Å². The zero-order chi connectivity index (χ0) is 8.97. The van der Waals surface area contributed by atoms with Gasteiger partial charge in [-0.05, 0) is 26.0 Å². The second kappa shape index (κ2) is 4.21. The van der Waals surface area contributed by atoms with Crippen molar-refractivity contribution in [1.82, 2.24) is 4.98 Å². The van der Waals surface area contributed by atoms with Crippen molar-refractivity contribution in [3.8, 4) is 0 Å². The monoisotopic (exact) mass is 227 g/mol. The zero-order valence-electron chi connectivity index (χ0n) is 7.00. The highest BCUT2D eigenvalue weighted by atomic mass is 79.9. The highest BCUT2D eigenvalue weighted by Gasteiger charge is 1.91. The van der Waals surface area contributed by atoms with Gasteiger partial charge < -0.3 is 0 Å². The molecular formula is C8H10BrN3. The van der Waals surface area contributed by atoms with E-state index in [0.29, 0.717) is 0 Å². The summed E-state index contributed by atoms with van der Waals surface area (Å²) in [6.07, 6.45) is 1.72. The van der Waals surface area contributed by atoms with E-state index >= 15 is 0 Å². The largest absolute Gasteiger partial charge is 0.261 e. The lowest BCUT2D eigenvalue weighted by atomic mass is 10.5. The van der Waals surface area contributed by atoms with Crippen molar-refractivity contribution >= 4 is 27.5 Å². The number of hydrogen-bond donors (Lipinski definition) is 1. The summed E-state index contributed by atoms with van der Waals surface area (Å²) in [6.45, 7) is 3.84. The Hall–Kier alpha value is -0.900. The van der Waals surface area contributed by atoms with Crippen LogP contribution in [0.3, 0.4) is 0 Å². The van der Waals surface area contributed by atoms with Gasteiger partial charge in [0, 0.05) is 16.4 Å². The summed E-state index contributed by atoms with van der Waals surface area (Å²) in [4.78, 5) is 4.06. The molecule has 0 amide bonds. The number of aromatic nitrogens is 1. The van der Waals surface area contributed by atoms with Crippen LogP contribution in [0.2, 0.25) is 0 Å². The first-order chi connectivity index (χ1) is 5.68. The molecule has 0 saturated carbocycles. The van der Waals surface area contributed by atoms with Gasteiger partial charge >= 0.3 is 0 Å². The average molecular weight is 228 g/mol. The van der Waals surface area contributed by atoms with Crippen molar-refractivity contribution < 1.29 is 0 Å². The Morgan fingerprint density at radius 3 is 2.92 bits per heavy atom. The first-order valence-electron chi connectivity index (χ1n) is 3.57. The van der Waals surface area contributed by atoms with Crippen LogP contribution in [0.4, 0.5) is 5.82 Å². The molecule has 1 N–H and O–H groups in total. The number of hydrazone groups is 1. The van der Waals surface area contributed by atoms with Gasteiger partial charge in [-0.15, -0.1) is 0 Å². The van der Waals surface area contributed by atoms with Crippen molar-refractivity contribution in [1.29, 1.82) is 0 Å². The average Bonchev–Trinajstić information content (AvgIpc) is 2.01. The fraction of sp³-hybridized carbons (Fsp3) is 0.250. The molecule has 0 radical (unpaired) electrons. The van der Waals surface area contributed by atoms with Gasteiger partial charge in [0.1, 0.15) is 5.82 Å². The molecule has 0 atom stereocenters. The minimum absolute atomic E-state index is 0.741. The van der Waals surface area contributed by atoms with Gasteiger partial charge in [-0.1, -0.05) is 15.9 Å². The fourth-order valence-corrected chi connectivity index (χ4v) is 0.970. The molecule has 12 heavy (non-hydrogen) atoms. The quantitative estimate of drug-likeness (QED) is 0.624. The van der Waals surface area contributed by atoms with E-state index in [0.717, 1.165) is 16.0 Å². The van der Waals surface area contributed by atoms with E-state index in [-0.39, 0.29) is 0 Å². The standard InChI is InChI=1S/C8H10BrN3/c1-6(2)11-12-8-5-7(9)3-4-10-8/h3-5H,1-2H3,(H,10,12). The number of nitrogens with zero attached hydrogens (tertiary/aromatic N) is 2. The van der Waals surface area contributed by atoms with Crippen molar-refractivity contribution in [2.24, 2.45) is 5.10 Å². The summed E-state index contributed by atoms with van der Waals surface area (Å²) in [5.74, 6) is 0.741. The van der Waals surface area contributed by atoms with Crippen LogP contribution in [0.15, 0.2) is 27.9 Å². The summed E-state index contributed by atoms with van der Waals surface area (Å²) in [5, 5.41) is 4.02. The first-order valence-corrected chi connectivity index (χ1v) is 4.36. The van der Waals surface area contributed by atoms with E-state index in [9.17, 15) is 0 Å². The molecule has 0 unspecified atom stereocenters. The number of halogens is 1. The molecule has 4 heteroatoms. The van der Waals surface area contributed by atoms with Crippen molar-refractivity contribution in [3.63, 3.8) is 0 Å². The maximum absolute atomic E-state index is 4.06. The van der Waals surface area contributed by atoms with Crippen LogP contribution in [-0.2, 0) is 0 Å². The van der Waals surface area contributed by atoms with Crippen LogP contribution in [0.25, 0.3) is 0 Å². The Morgan fingerprint density at radius 2 is 2.33 bits per heavy atom. The number of hydrogen-bond acceptors (Lipinski definition) is 3. The minimum Gasteiger partial charge on any atom is -0.261 e. The second-order valence-corrected chi connectivity index (χ2v) is 3.45. The maximum Gasteiger partial charge on any atom is 0.147 e. The molecule has 1 heterocycles. The van der Waals surface area contributed by atoms with Gasteiger partial charge in [-0.2, -0.15) is 5.10 Å². The van der Waals surface area contributed by atoms with Gasteiger partial charge in [0.05, 0.1) is 0 Å². The van der Waals surface area contributed by atoms with Crippen LogP contribution in [0.1, 0.15) is 13.8 Å². The van der Waals surface area contributed by atoms with E-state index in [1.165, 1.54) is 0 Å². The van der Waals surface area contributed by atoms with Crippen LogP contribution < -0.4 is 5.43 Å². The lowest BCUT2D eigenvalue weighted by molar-refractivity contribution is 1.21. The molecule has 0 spiro atoms. The zero-order valence-corrected chi connectivity index (χ0v) is 8.59. The number of nitrogens with one attached hydrogen (secondary N) is 1. The lowest BCUT2D eigenvalue weighted by Gasteiger charge is -1.99. The molecular weight excluding hydrogens is 218 g/mol. The number of pyridine rings is 1. The van der Waals surface area contributed by atoms with E-state index in [1.54, 1.807) is 6.20 Å². The predicted octanol–water partition coefficient (Wildman–Crippen LogP) is 2.65. The topological polar surface area (TPSA) is 37.3 Å². The SMILES string of the molecule is CC(C)=NNc1cc(Br)ccn1. The van der Waals surface area contributed by atoms with E-state index in [4.69, 9.17) is 0 Å². The highest BCUT2D eigenvalue weighted by molar-refractivity contribution is 9.10. The molecule has 0 aliphatic heterocycles. The summed E-state index contributed by atoms with van der Waals surface area (Å²) < 4.78 is 0.990. The third-order valence-electron chi connectivity index (χ3n) is 1.12. The van der Waals surface area contributed by atoms with Gasteiger partial charge in [-0.25, -0.2) is 4.98 Å². The summed E-state index contributed by atoms with van der Waals surface area (Å²) >= 11 is 3.34. The lowest BCUT2D eigenvalue weighted by Crippen LogP contribution is -1.94. The summed E-state index contributed by atoms with van der Waals surface area (Å²) in [5.41, 5.74) is 3.80. The Morgan fingerprint density at radius 1 is 1.58 bits per heavy atom. The van der Waals surface area contributed by atoms with Crippen LogP contribution in [-0.4, -0.2) is 10.7 Å². The highest BCUT2D eigenvalue weighted by Crippen LogP contribution is 2.12. The van der Waals surface area contributed by atoms with E-state index in [2.05, 4.69) is 31.4 Å². The van der Waals surface area contributed by atoms with Gasteiger partial charge in [0.2, 0.25) is 0 Å². The summed E-state index contributed by atoms with van der Waals surface area (Å²) in [7, 11) is 0. The molecule has 0 aliphatic carbocycles. The molecule has 1 aromatic heterocycles. The number of anilines is 1. The number of rotatable bonds is 2. The molecule has 3 nitrogen and oxygen atoms in total. The molecule has 1 rings (SSSR count).